The summed E-state index contributed by atoms with van der Waals surface area (Å²) >= 11 is 0. The molecule has 154 valence electrons. The minimum atomic E-state index is -0.229. The van der Waals surface area contributed by atoms with Crippen molar-refractivity contribution in [3.63, 3.8) is 0 Å². The molecule has 28 heavy (non-hydrogen) atoms. The summed E-state index contributed by atoms with van der Waals surface area (Å²) in [5.74, 6) is 2.51. The number of aromatic nitrogens is 5. The molecule has 8 nitrogen and oxygen atoms in total. The summed E-state index contributed by atoms with van der Waals surface area (Å²) in [4.78, 5) is 19.3. The van der Waals surface area contributed by atoms with E-state index in [9.17, 15) is 4.79 Å². The van der Waals surface area contributed by atoms with Crippen molar-refractivity contribution in [3.05, 3.63) is 23.4 Å². The Kier molecular flexibility index (Phi) is 5.25. The van der Waals surface area contributed by atoms with E-state index < -0.39 is 0 Å². The summed E-state index contributed by atoms with van der Waals surface area (Å²) in [6.07, 6.45) is 1.94. The van der Waals surface area contributed by atoms with Crippen LogP contribution in [0, 0.1) is 6.92 Å². The number of nitrogens with zero attached hydrogens (tertiary/aromatic N) is 5. The van der Waals surface area contributed by atoms with Crippen LogP contribution < -0.4 is 5.32 Å². The number of hydrogen-bond acceptors (Lipinski definition) is 4. The monoisotopic (exact) mass is 387 g/mol. The van der Waals surface area contributed by atoms with Crippen LogP contribution in [0.15, 0.2) is 6.07 Å². The van der Waals surface area contributed by atoms with Gasteiger partial charge in [-0.1, -0.05) is 20.8 Å². The van der Waals surface area contributed by atoms with Gasteiger partial charge in [0.25, 0.3) is 0 Å². The number of urea groups is 1. The highest BCUT2D eigenvalue weighted by atomic mass is 16.2. The zero-order chi connectivity index (χ0) is 20.7. The van der Waals surface area contributed by atoms with Crippen LogP contribution in [0.2, 0.25) is 0 Å². The Bertz CT molecular complexity index is 838. The van der Waals surface area contributed by atoms with E-state index in [0.29, 0.717) is 6.54 Å². The van der Waals surface area contributed by atoms with Crippen molar-refractivity contribution < 1.29 is 4.79 Å². The van der Waals surface area contributed by atoms with Crippen LogP contribution in [0.3, 0.4) is 0 Å². The van der Waals surface area contributed by atoms with Crippen molar-refractivity contribution in [1.29, 1.82) is 0 Å². The number of aryl methyl sites for hydroxylation is 1. The van der Waals surface area contributed by atoms with Gasteiger partial charge >= 0.3 is 6.03 Å². The van der Waals surface area contributed by atoms with Gasteiger partial charge in [0.05, 0.1) is 11.2 Å². The van der Waals surface area contributed by atoms with Gasteiger partial charge in [0.15, 0.2) is 5.82 Å². The molecule has 2 amide bonds. The van der Waals surface area contributed by atoms with Crippen molar-refractivity contribution in [1.82, 2.24) is 29.9 Å². The van der Waals surface area contributed by atoms with Crippen molar-refractivity contribution in [3.8, 4) is 0 Å². The van der Waals surface area contributed by atoms with Crippen LogP contribution in [0.25, 0.3) is 0 Å². The number of piperidine rings is 1. The molecule has 0 aliphatic carbocycles. The SMILES string of the molecule is Cc1nc([C@H]2CCCN(C(=O)Nc3cc(C(C)(C)C)nn3C(C)(C)C)C2)n[nH]1. The van der Waals surface area contributed by atoms with E-state index in [1.807, 2.05) is 22.6 Å². The summed E-state index contributed by atoms with van der Waals surface area (Å²) < 4.78 is 1.91. The number of likely N-dealkylation sites (tertiary alicyclic amines) is 1. The maximum atomic E-state index is 13.0. The van der Waals surface area contributed by atoms with Gasteiger partial charge in [-0.3, -0.25) is 10.4 Å². The van der Waals surface area contributed by atoms with Crippen LogP contribution in [0.1, 0.15) is 77.6 Å². The molecule has 0 saturated carbocycles. The molecule has 8 heteroatoms. The molecule has 2 aromatic rings. The van der Waals surface area contributed by atoms with E-state index in [1.54, 1.807) is 0 Å². The second kappa shape index (κ2) is 7.22. The van der Waals surface area contributed by atoms with Crippen LogP contribution in [-0.4, -0.2) is 49.0 Å². The van der Waals surface area contributed by atoms with Crippen LogP contribution >= 0.6 is 0 Å². The molecule has 1 aliphatic rings. The van der Waals surface area contributed by atoms with Gasteiger partial charge in [-0.05, 0) is 40.5 Å². The molecule has 1 fully saturated rings. The number of aromatic amines is 1. The predicted molar refractivity (Wildman–Crippen MR) is 110 cm³/mol. The number of nitrogens with one attached hydrogen (secondary N) is 2. The van der Waals surface area contributed by atoms with Crippen molar-refractivity contribution in [2.45, 2.75) is 78.2 Å². The van der Waals surface area contributed by atoms with E-state index in [4.69, 9.17) is 5.10 Å². The predicted octanol–water partition coefficient (Wildman–Crippen LogP) is 3.77. The smallest absolute Gasteiger partial charge is 0.323 e. The normalized spacial score (nSPS) is 18.4. The molecule has 3 rings (SSSR count). The summed E-state index contributed by atoms with van der Waals surface area (Å²) in [5.41, 5.74) is 0.647. The molecular weight excluding hydrogens is 354 g/mol. The Morgan fingerprint density at radius 3 is 2.54 bits per heavy atom. The molecule has 0 unspecified atom stereocenters. The maximum Gasteiger partial charge on any atom is 0.323 e. The third kappa shape index (κ3) is 4.36. The fourth-order valence-corrected chi connectivity index (χ4v) is 3.45. The van der Waals surface area contributed by atoms with Crippen LogP contribution in [0.5, 0.6) is 0 Å². The van der Waals surface area contributed by atoms with Gasteiger partial charge < -0.3 is 4.90 Å². The average molecular weight is 388 g/mol. The Hall–Kier alpha value is -2.38. The molecule has 0 spiro atoms. The fraction of sp³-hybridized carbons (Fsp3) is 0.700. The lowest BCUT2D eigenvalue weighted by Gasteiger charge is -2.32. The number of rotatable bonds is 2. The van der Waals surface area contributed by atoms with Crippen LogP contribution in [-0.2, 0) is 11.0 Å². The summed E-state index contributed by atoms with van der Waals surface area (Å²) in [6.45, 7) is 15.9. The molecule has 2 aromatic heterocycles. The second-order valence-corrected chi connectivity index (χ2v) is 9.74. The molecule has 0 radical (unpaired) electrons. The van der Waals surface area contributed by atoms with E-state index in [-0.39, 0.29) is 22.9 Å². The lowest BCUT2D eigenvalue weighted by molar-refractivity contribution is 0.191. The molecule has 1 atom stereocenters. The van der Waals surface area contributed by atoms with E-state index >= 15 is 0 Å². The second-order valence-electron chi connectivity index (χ2n) is 9.74. The third-order valence-electron chi connectivity index (χ3n) is 5.04. The molecule has 0 aromatic carbocycles. The van der Waals surface area contributed by atoms with Gasteiger partial charge in [0, 0.05) is 30.5 Å². The zero-order valence-electron chi connectivity index (χ0n) is 18.1. The molecule has 1 aliphatic heterocycles. The third-order valence-corrected chi connectivity index (χ3v) is 5.04. The Balaban J connectivity index is 1.77. The first-order chi connectivity index (χ1) is 12.9. The summed E-state index contributed by atoms with van der Waals surface area (Å²) in [6, 6.07) is 1.89. The van der Waals surface area contributed by atoms with E-state index in [0.717, 1.165) is 42.5 Å². The molecule has 2 N–H and O–H groups in total. The average Bonchev–Trinajstić information content (AvgIpc) is 3.21. The van der Waals surface area contributed by atoms with Gasteiger partial charge in [0.2, 0.25) is 0 Å². The highest BCUT2D eigenvalue weighted by Gasteiger charge is 2.30. The number of hydrogen-bond donors (Lipinski definition) is 2. The molecule has 1 saturated heterocycles. The zero-order valence-corrected chi connectivity index (χ0v) is 18.1. The quantitative estimate of drug-likeness (QED) is 0.820. The maximum absolute atomic E-state index is 13.0. The van der Waals surface area contributed by atoms with Gasteiger partial charge in [-0.25, -0.2) is 14.5 Å². The minimum Gasteiger partial charge on any atom is -0.324 e. The Morgan fingerprint density at radius 2 is 1.96 bits per heavy atom. The summed E-state index contributed by atoms with van der Waals surface area (Å²) in [7, 11) is 0. The lowest BCUT2D eigenvalue weighted by Crippen LogP contribution is -2.42. The summed E-state index contributed by atoms with van der Waals surface area (Å²) in [5, 5.41) is 15.1. The number of carbonyl (C=O) groups is 1. The molecular formula is C20H33N7O. The number of H-pyrrole nitrogens is 1. The first kappa shape index (κ1) is 20.4. The largest absolute Gasteiger partial charge is 0.324 e. The van der Waals surface area contributed by atoms with Gasteiger partial charge in [0.1, 0.15) is 11.6 Å². The highest BCUT2D eigenvalue weighted by molar-refractivity contribution is 5.88. The van der Waals surface area contributed by atoms with E-state index in [2.05, 4.69) is 62.0 Å². The van der Waals surface area contributed by atoms with Crippen molar-refractivity contribution in [2.75, 3.05) is 18.4 Å². The fourth-order valence-electron chi connectivity index (χ4n) is 3.45. The topological polar surface area (TPSA) is 91.7 Å². The first-order valence-corrected chi connectivity index (χ1v) is 10.0. The number of amides is 2. The number of carbonyl (C=O) groups excluding carboxylic acids is 1. The highest BCUT2D eigenvalue weighted by Crippen LogP contribution is 2.29. The molecule has 0 bridgehead atoms. The Labute approximate surface area is 167 Å². The minimum absolute atomic E-state index is 0.0876. The molecule has 3 heterocycles. The Morgan fingerprint density at radius 1 is 1.25 bits per heavy atom. The van der Waals surface area contributed by atoms with Crippen molar-refractivity contribution >= 4 is 11.8 Å². The van der Waals surface area contributed by atoms with Gasteiger partial charge in [-0.15, -0.1) is 0 Å². The first-order valence-electron chi connectivity index (χ1n) is 10.0. The standard InChI is InChI=1S/C20H33N7O/c1-13-21-17(24-23-13)14-9-8-10-26(12-14)18(28)22-16-11-15(19(2,3)4)25-27(16)20(5,6)7/h11,14H,8-10,12H2,1-7H3,(H,22,28)(H,21,23,24)/t14-/m0/s1. The lowest BCUT2D eigenvalue weighted by atomic mass is 9.92. The van der Waals surface area contributed by atoms with Crippen molar-refractivity contribution in [2.24, 2.45) is 0 Å². The number of anilines is 1. The van der Waals surface area contributed by atoms with Crippen LogP contribution in [0.4, 0.5) is 10.6 Å². The van der Waals surface area contributed by atoms with Gasteiger partial charge in [-0.2, -0.15) is 10.2 Å². The van der Waals surface area contributed by atoms with E-state index in [1.165, 1.54) is 0 Å².